The van der Waals surface area contributed by atoms with Gasteiger partial charge in [0.1, 0.15) is 0 Å². The summed E-state index contributed by atoms with van der Waals surface area (Å²) in [6.07, 6.45) is 1.19. The van der Waals surface area contributed by atoms with E-state index in [1.165, 1.54) is 12.1 Å². The van der Waals surface area contributed by atoms with E-state index in [0.717, 1.165) is 17.7 Å². The summed E-state index contributed by atoms with van der Waals surface area (Å²) in [4.78, 5) is 2.25. The first-order valence-corrected chi connectivity index (χ1v) is 5.80. The quantitative estimate of drug-likeness (QED) is 0.771. The highest BCUT2D eigenvalue weighted by molar-refractivity contribution is 5.53. The van der Waals surface area contributed by atoms with Gasteiger partial charge in [-0.05, 0) is 36.6 Å². The van der Waals surface area contributed by atoms with Gasteiger partial charge in [-0.3, -0.25) is 0 Å². The highest BCUT2D eigenvalue weighted by Crippen LogP contribution is 2.19. The SMILES string of the molecule is CCC(C)CN(C)c1ccc(C#N)c(C)c1. The first-order chi connectivity index (χ1) is 7.58. The van der Waals surface area contributed by atoms with Crippen molar-refractivity contribution in [2.24, 2.45) is 5.92 Å². The van der Waals surface area contributed by atoms with Gasteiger partial charge in [0.2, 0.25) is 0 Å². The minimum Gasteiger partial charge on any atom is -0.374 e. The number of hydrogen-bond acceptors (Lipinski definition) is 2. The fourth-order valence-electron chi connectivity index (χ4n) is 1.71. The molecule has 16 heavy (non-hydrogen) atoms. The maximum atomic E-state index is 8.87. The fraction of sp³-hybridized carbons (Fsp3) is 0.500. The van der Waals surface area contributed by atoms with Gasteiger partial charge in [-0.2, -0.15) is 5.26 Å². The fourth-order valence-corrected chi connectivity index (χ4v) is 1.71. The second kappa shape index (κ2) is 5.55. The highest BCUT2D eigenvalue weighted by atomic mass is 15.1. The molecule has 1 rings (SSSR count). The number of nitrogens with zero attached hydrogens (tertiary/aromatic N) is 2. The van der Waals surface area contributed by atoms with Gasteiger partial charge in [0, 0.05) is 19.3 Å². The molecule has 1 unspecified atom stereocenters. The molecule has 0 aliphatic heterocycles. The largest absolute Gasteiger partial charge is 0.374 e. The lowest BCUT2D eigenvalue weighted by Gasteiger charge is -2.23. The van der Waals surface area contributed by atoms with Gasteiger partial charge in [0.05, 0.1) is 11.6 Å². The maximum absolute atomic E-state index is 8.87. The predicted molar refractivity (Wildman–Crippen MR) is 68.6 cm³/mol. The van der Waals surface area contributed by atoms with Gasteiger partial charge < -0.3 is 4.90 Å². The van der Waals surface area contributed by atoms with Gasteiger partial charge in [-0.15, -0.1) is 0 Å². The molecule has 0 N–H and O–H groups in total. The van der Waals surface area contributed by atoms with Crippen LogP contribution in [0.15, 0.2) is 18.2 Å². The second-order valence-corrected chi connectivity index (χ2v) is 4.50. The second-order valence-electron chi connectivity index (χ2n) is 4.50. The molecule has 1 aromatic carbocycles. The van der Waals surface area contributed by atoms with Gasteiger partial charge in [-0.1, -0.05) is 20.3 Å². The molecule has 0 saturated heterocycles. The van der Waals surface area contributed by atoms with Crippen molar-refractivity contribution >= 4 is 5.69 Å². The molecule has 2 nitrogen and oxygen atoms in total. The normalized spacial score (nSPS) is 11.9. The Morgan fingerprint density at radius 2 is 2.12 bits per heavy atom. The third kappa shape index (κ3) is 3.00. The number of nitriles is 1. The molecule has 0 aliphatic carbocycles. The maximum Gasteiger partial charge on any atom is 0.0994 e. The highest BCUT2D eigenvalue weighted by Gasteiger charge is 2.07. The Morgan fingerprint density at radius 1 is 1.44 bits per heavy atom. The molecule has 86 valence electrons. The summed E-state index contributed by atoms with van der Waals surface area (Å²) in [6, 6.07) is 8.20. The Kier molecular flexibility index (Phi) is 4.37. The number of rotatable bonds is 4. The van der Waals surface area contributed by atoms with E-state index in [2.05, 4.69) is 37.9 Å². The summed E-state index contributed by atoms with van der Waals surface area (Å²) >= 11 is 0. The van der Waals surface area contributed by atoms with E-state index in [0.29, 0.717) is 5.92 Å². The van der Waals surface area contributed by atoms with E-state index in [-0.39, 0.29) is 0 Å². The van der Waals surface area contributed by atoms with Gasteiger partial charge in [-0.25, -0.2) is 0 Å². The summed E-state index contributed by atoms with van der Waals surface area (Å²) in [5, 5.41) is 8.87. The summed E-state index contributed by atoms with van der Waals surface area (Å²) in [5.74, 6) is 0.695. The van der Waals surface area contributed by atoms with E-state index in [1.807, 2.05) is 19.1 Å². The van der Waals surface area contributed by atoms with Crippen LogP contribution in [-0.4, -0.2) is 13.6 Å². The third-order valence-electron chi connectivity index (χ3n) is 3.05. The molecule has 1 atom stereocenters. The lowest BCUT2D eigenvalue weighted by atomic mass is 10.1. The van der Waals surface area contributed by atoms with Crippen LogP contribution in [0.3, 0.4) is 0 Å². The average molecular weight is 216 g/mol. The summed E-state index contributed by atoms with van der Waals surface area (Å²) < 4.78 is 0. The monoisotopic (exact) mass is 216 g/mol. The van der Waals surface area contributed by atoms with Gasteiger partial charge >= 0.3 is 0 Å². The van der Waals surface area contributed by atoms with Crippen LogP contribution in [0.1, 0.15) is 31.4 Å². The van der Waals surface area contributed by atoms with Crippen LogP contribution < -0.4 is 4.90 Å². The number of aryl methyl sites for hydroxylation is 1. The van der Waals surface area contributed by atoms with Crippen LogP contribution in [0.5, 0.6) is 0 Å². The Labute approximate surface area is 98.5 Å². The van der Waals surface area contributed by atoms with Crippen LogP contribution >= 0.6 is 0 Å². The first-order valence-electron chi connectivity index (χ1n) is 5.80. The molecule has 0 radical (unpaired) electrons. The zero-order chi connectivity index (χ0) is 12.1. The molecular formula is C14H20N2. The van der Waals surface area contributed by atoms with Crippen molar-refractivity contribution in [1.29, 1.82) is 5.26 Å². The molecule has 0 amide bonds. The zero-order valence-corrected chi connectivity index (χ0v) is 10.6. The molecule has 1 aromatic rings. The summed E-state index contributed by atoms with van der Waals surface area (Å²) in [5.41, 5.74) is 3.01. The van der Waals surface area contributed by atoms with E-state index >= 15 is 0 Å². The van der Waals surface area contributed by atoms with Gasteiger partial charge in [0.15, 0.2) is 0 Å². The molecule has 0 spiro atoms. The van der Waals surface area contributed by atoms with Crippen molar-refractivity contribution in [3.8, 4) is 6.07 Å². The number of hydrogen-bond donors (Lipinski definition) is 0. The third-order valence-corrected chi connectivity index (χ3v) is 3.05. The first kappa shape index (κ1) is 12.6. The van der Waals surface area contributed by atoms with Crippen LogP contribution in [-0.2, 0) is 0 Å². The Morgan fingerprint density at radius 3 is 2.62 bits per heavy atom. The lowest BCUT2D eigenvalue weighted by molar-refractivity contribution is 0.560. The average Bonchev–Trinajstić information content (AvgIpc) is 2.28. The molecule has 0 aromatic heterocycles. The molecule has 0 aliphatic rings. The smallest absolute Gasteiger partial charge is 0.0994 e. The molecule has 0 saturated carbocycles. The van der Waals surface area contributed by atoms with Crippen molar-refractivity contribution in [1.82, 2.24) is 0 Å². The zero-order valence-electron chi connectivity index (χ0n) is 10.6. The standard InChI is InChI=1S/C14H20N2/c1-5-11(2)10-16(4)14-7-6-13(9-15)12(3)8-14/h6-8,11H,5,10H2,1-4H3. The molecule has 0 bridgehead atoms. The van der Waals surface area contributed by atoms with E-state index in [9.17, 15) is 0 Å². The Balaban J connectivity index is 2.81. The van der Waals surface area contributed by atoms with Gasteiger partial charge in [0.25, 0.3) is 0 Å². The van der Waals surface area contributed by atoms with Crippen LogP contribution in [0.4, 0.5) is 5.69 Å². The van der Waals surface area contributed by atoms with Crippen molar-refractivity contribution < 1.29 is 0 Å². The minimum atomic E-state index is 0.695. The minimum absolute atomic E-state index is 0.695. The Hall–Kier alpha value is -1.49. The summed E-state index contributed by atoms with van der Waals surface area (Å²) in [7, 11) is 2.10. The van der Waals surface area contributed by atoms with Crippen LogP contribution in [0.2, 0.25) is 0 Å². The predicted octanol–water partition coefficient (Wildman–Crippen LogP) is 3.35. The van der Waals surface area contributed by atoms with Crippen LogP contribution in [0.25, 0.3) is 0 Å². The van der Waals surface area contributed by atoms with Crippen molar-refractivity contribution in [2.45, 2.75) is 27.2 Å². The lowest BCUT2D eigenvalue weighted by Crippen LogP contribution is -2.23. The Bertz CT molecular complexity index is 390. The van der Waals surface area contributed by atoms with E-state index in [1.54, 1.807) is 0 Å². The number of benzene rings is 1. The summed E-state index contributed by atoms with van der Waals surface area (Å²) in [6.45, 7) is 7.51. The topological polar surface area (TPSA) is 27.0 Å². The van der Waals surface area contributed by atoms with E-state index in [4.69, 9.17) is 5.26 Å². The van der Waals surface area contributed by atoms with Crippen molar-refractivity contribution in [2.75, 3.05) is 18.5 Å². The molecular weight excluding hydrogens is 196 g/mol. The molecule has 0 heterocycles. The van der Waals surface area contributed by atoms with Crippen molar-refractivity contribution in [3.63, 3.8) is 0 Å². The molecule has 0 fully saturated rings. The van der Waals surface area contributed by atoms with Crippen molar-refractivity contribution in [3.05, 3.63) is 29.3 Å². The number of anilines is 1. The van der Waals surface area contributed by atoms with Crippen LogP contribution in [0, 0.1) is 24.2 Å². The molecule has 2 heteroatoms. The van der Waals surface area contributed by atoms with E-state index < -0.39 is 0 Å².